The van der Waals surface area contributed by atoms with Gasteiger partial charge >= 0.3 is 0 Å². The van der Waals surface area contributed by atoms with E-state index in [1.165, 1.54) is 18.5 Å². The molecule has 0 aliphatic heterocycles. The second kappa shape index (κ2) is 7.23. The van der Waals surface area contributed by atoms with Crippen molar-refractivity contribution in [1.82, 2.24) is 10.3 Å². The number of hydrogen-bond acceptors (Lipinski definition) is 3. The van der Waals surface area contributed by atoms with E-state index in [4.69, 9.17) is 0 Å². The summed E-state index contributed by atoms with van der Waals surface area (Å²) < 4.78 is 0. The van der Waals surface area contributed by atoms with Gasteiger partial charge in [0.05, 0.1) is 5.69 Å². The minimum atomic E-state index is 0.853. The summed E-state index contributed by atoms with van der Waals surface area (Å²) in [6.07, 6.45) is 4.37. The molecule has 1 N–H and O–H groups in total. The third-order valence-electron chi connectivity index (χ3n) is 2.64. The SMILES string of the molecule is CCCCN(C)c1ccnc(CNCC)c1. The maximum atomic E-state index is 4.35. The van der Waals surface area contributed by atoms with Gasteiger partial charge in [-0.15, -0.1) is 0 Å². The van der Waals surface area contributed by atoms with E-state index in [-0.39, 0.29) is 0 Å². The summed E-state index contributed by atoms with van der Waals surface area (Å²) >= 11 is 0. The number of aromatic nitrogens is 1. The molecule has 0 spiro atoms. The fourth-order valence-electron chi connectivity index (χ4n) is 1.58. The number of nitrogens with one attached hydrogen (secondary N) is 1. The van der Waals surface area contributed by atoms with Crippen LogP contribution in [-0.4, -0.2) is 25.1 Å². The molecule has 0 unspecified atom stereocenters. The highest BCUT2D eigenvalue weighted by Crippen LogP contribution is 2.13. The zero-order valence-electron chi connectivity index (χ0n) is 10.7. The lowest BCUT2D eigenvalue weighted by Crippen LogP contribution is -2.19. The molecule has 16 heavy (non-hydrogen) atoms. The molecule has 0 bridgehead atoms. The minimum Gasteiger partial charge on any atom is -0.375 e. The van der Waals surface area contributed by atoms with Gasteiger partial charge in [0.15, 0.2) is 0 Å². The van der Waals surface area contributed by atoms with Crippen LogP contribution in [0, 0.1) is 0 Å². The lowest BCUT2D eigenvalue weighted by atomic mass is 10.2. The number of unbranched alkanes of at least 4 members (excludes halogenated alkanes) is 1. The Morgan fingerprint density at radius 3 is 2.88 bits per heavy atom. The first-order chi connectivity index (χ1) is 7.77. The van der Waals surface area contributed by atoms with Gasteiger partial charge < -0.3 is 10.2 Å². The average molecular weight is 221 g/mol. The van der Waals surface area contributed by atoms with Gasteiger partial charge in [-0.3, -0.25) is 4.98 Å². The summed E-state index contributed by atoms with van der Waals surface area (Å²) in [4.78, 5) is 6.64. The summed E-state index contributed by atoms with van der Waals surface area (Å²) in [5, 5.41) is 3.29. The standard InChI is InChI=1S/C13H23N3/c1-4-6-9-16(3)13-7-8-15-12(10-13)11-14-5-2/h7-8,10,14H,4-6,9,11H2,1-3H3. The quantitative estimate of drug-likeness (QED) is 0.766. The van der Waals surface area contributed by atoms with Crippen molar-refractivity contribution >= 4 is 5.69 Å². The summed E-state index contributed by atoms with van der Waals surface area (Å²) in [5.41, 5.74) is 2.37. The molecule has 0 radical (unpaired) electrons. The van der Waals surface area contributed by atoms with Crippen LogP contribution >= 0.6 is 0 Å². The zero-order chi connectivity index (χ0) is 11.8. The van der Waals surface area contributed by atoms with E-state index in [9.17, 15) is 0 Å². The normalized spacial score (nSPS) is 10.4. The van der Waals surface area contributed by atoms with Crippen LogP contribution in [0.15, 0.2) is 18.3 Å². The van der Waals surface area contributed by atoms with Crippen molar-refractivity contribution in [3.05, 3.63) is 24.0 Å². The largest absolute Gasteiger partial charge is 0.375 e. The monoisotopic (exact) mass is 221 g/mol. The molecule has 0 aliphatic rings. The van der Waals surface area contributed by atoms with E-state index in [0.29, 0.717) is 0 Å². The van der Waals surface area contributed by atoms with Crippen LogP contribution in [0.4, 0.5) is 5.69 Å². The Bertz CT molecular complexity index is 299. The van der Waals surface area contributed by atoms with E-state index in [1.807, 2.05) is 6.20 Å². The van der Waals surface area contributed by atoms with Gasteiger partial charge in [-0.2, -0.15) is 0 Å². The Morgan fingerprint density at radius 1 is 1.38 bits per heavy atom. The van der Waals surface area contributed by atoms with Gasteiger partial charge in [-0.25, -0.2) is 0 Å². The molecule has 1 heterocycles. The molecule has 0 aliphatic carbocycles. The maximum absolute atomic E-state index is 4.35. The van der Waals surface area contributed by atoms with Gasteiger partial charge in [-0.1, -0.05) is 20.3 Å². The van der Waals surface area contributed by atoms with Crippen LogP contribution in [-0.2, 0) is 6.54 Å². The Balaban J connectivity index is 2.58. The van der Waals surface area contributed by atoms with Crippen LogP contribution in [0.25, 0.3) is 0 Å². The van der Waals surface area contributed by atoms with Crippen molar-refractivity contribution in [2.75, 3.05) is 25.0 Å². The van der Waals surface area contributed by atoms with Crippen LogP contribution in [0.2, 0.25) is 0 Å². The Kier molecular flexibility index (Phi) is 5.86. The molecule has 3 nitrogen and oxygen atoms in total. The maximum Gasteiger partial charge on any atom is 0.0562 e. The van der Waals surface area contributed by atoms with Gasteiger partial charge in [0.2, 0.25) is 0 Å². The highest BCUT2D eigenvalue weighted by Gasteiger charge is 2.01. The fourth-order valence-corrected chi connectivity index (χ4v) is 1.58. The number of pyridine rings is 1. The first-order valence-corrected chi connectivity index (χ1v) is 6.14. The molecule has 0 saturated heterocycles. The van der Waals surface area contributed by atoms with Gasteiger partial charge in [0, 0.05) is 32.0 Å². The second-order valence-corrected chi connectivity index (χ2v) is 4.06. The lowest BCUT2D eigenvalue weighted by molar-refractivity contribution is 0.709. The van der Waals surface area contributed by atoms with Crippen molar-refractivity contribution in [2.45, 2.75) is 33.2 Å². The van der Waals surface area contributed by atoms with E-state index < -0.39 is 0 Å². The fraction of sp³-hybridized carbons (Fsp3) is 0.615. The Hall–Kier alpha value is -1.09. The molecular weight excluding hydrogens is 198 g/mol. The average Bonchev–Trinajstić information content (AvgIpc) is 2.33. The molecule has 0 amide bonds. The molecule has 0 aromatic carbocycles. The van der Waals surface area contributed by atoms with E-state index in [2.05, 4.69) is 48.2 Å². The summed E-state index contributed by atoms with van der Waals surface area (Å²) in [6, 6.07) is 4.24. The lowest BCUT2D eigenvalue weighted by Gasteiger charge is -2.19. The first-order valence-electron chi connectivity index (χ1n) is 6.14. The van der Waals surface area contributed by atoms with Crippen molar-refractivity contribution < 1.29 is 0 Å². The van der Waals surface area contributed by atoms with Crippen molar-refractivity contribution in [3.63, 3.8) is 0 Å². The van der Waals surface area contributed by atoms with Crippen molar-refractivity contribution in [3.8, 4) is 0 Å². The minimum absolute atomic E-state index is 0.853. The molecule has 0 atom stereocenters. The first kappa shape index (κ1) is 13.0. The van der Waals surface area contributed by atoms with Crippen LogP contribution in [0.3, 0.4) is 0 Å². The smallest absolute Gasteiger partial charge is 0.0562 e. The third kappa shape index (κ3) is 4.19. The van der Waals surface area contributed by atoms with Crippen LogP contribution < -0.4 is 10.2 Å². The van der Waals surface area contributed by atoms with Gasteiger partial charge in [0.1, 0.15) is 0 Å². The number of anilines is 1. The molecule has 90 valence electrons. The number of nitrogens with zero attached hydrogens (tertiary/aromatic N) is 2. The molecule has 1 aromatic heterocycles. The van der Waals surface area contributed by atoms with Crippen LogP contribution in [0.1, 0.15) is 32.4 Å². The van der Waals surface area contributed by atoms with E-state index in [1.54, 1.807) is 0 Å². The van der Waals surface area contributed by atoms with Crippen LogP contribution in [0.5, 0.6) is 0 Å². The van der Waals surface area contributed by atoms with Gasteiger partial charge in [-0.05, 0) is 25.1 Å². The highest BCUT2D eigenvalue weighted by molar-refractivity contribution is 5.45. The predicted molar refractivity (Wildman–Crippen MR) is 69.8 cm³/mol. The number of rotatable bonds is 7. The van der Waals surface area contributed by atoms with Crippen molar-refractivity contribution in [1.29, 1.82) is 0 Å². The highest BCUT2D eigenvalue weighted by atomic mass is 15.1. The summed E-state index contributed by atoms with van der Waals surface area (Å²) in [6.45, 7) is 7.28. The number of hydrogen-bond donors (Lipinski definition) is 1. The predicted octanol–water partition coefficient (Wildman–Crippen LogP) is 2.43. The van der Waals surface area contributed by atoms with E-state index in [0.717, 1.165) is 25.3 Å². The molecule has 1 aromatic rings. The molecule has 1 rings (SSSR count). The molecule has 0 saturated carbocycles. The third-order valence-corrected chi connectivity index (χ3v) is 2.64. The van der Waals surface area contributed by atoms with Crippen molar-refractivity contribution in [2.24, 2.45) is 0 Å². The molecular formula is C13H23N3. The Morgan fingerprint density at radius 2 is 2.19 bits per heavy atom. The topological polar surface area (TPSA) is 28.2 Å². The Labute approximate surface area is 98.9 Å². The summed E-state index contributed by atoms with van der Waals surface area (Å²) in [5.74, 6) is 0. The second-order valence-electron chi connectivity index (χ2n) is 4.06. The van der Waals surface area contributed by atoms with E-state index >= 15 is 0 Å². The summed E-state index contributed by atoms with van der Waals surface area (Å²) in [7, 11) is 2.14. The van der Waals surface area contributed by atoms with Gasteiger partial charge in [0.25, 0.3) is 0 Å². The molecule has 3 heteroatoms. The molecule has 0 fully saturated rings. The zero-order valence-corrected chi connectivity index (χ0v) is 10.7.